The lowest BCUT2D eigenvalue weighted by Gasteiger charge is -2.31. The molecule has 0 aliphatic carbocycles. The first-order valence-electron chi connectivity index (χ1n) is 6.67. The maximum atomic E-state index is 13.1. The van der Waals surface area contributed by atoms with E-state index in [0.717, 1.165) is 10.7 Å². The van der Waals surface area contributed by atoms with Gasteiger partial charge in [-0.3, -0.25) is 4.79 Å². The van der Waals surface area contributed by atoms with Gasteiger partial charge in [-0.1, -0.05) is 0 Å². The average molecular weight is 331 g/mol. The van der Waals surface area contributed by atoms with Crippen LogP contribution in [0.2, 0.25) is 0 Å². The Morgan fingerprint density at radius 3 is 2.61 bits per heavy atom. The molecular formula is C12H15F2N5O4. The van der Waals surface area contributed by atoms with Crippen LogP contribution in [0, 0.1) is 17.0 Å². The number of amides is 1. The van der Waals surface area contributed by atoms with E-state index in [-0.39, 0.29) is 5.71 Å². The van der Waals surface area contributed by atoms with Crippen LogP contribution < -0.4 is 0 Å². The summed E-state index contributed by atoms with van der Waals surface area (Å²) < 4.78 is 27.3. The van der Waals surface area contributed by atoms with Gasteiger partial charge in [-0.2, -0.15) is 14.8 Å². The van der Waals surface area contributed by atoms with Gasteiger partial charge < -0.3 is 15.2 Å². The van der Waals surface area contributed by atoms with E-state index < -0.39 is 41.3 Å². The van der Waals surface area contributed by atoms with Crippen LogP contribution in [0.3, 0.4) is 0 Å². The fourth-order valence-corrected chi connectivity index (χ4v) is 2.39. The zero-order valence-corrected chi connectivity index (χ0v) is 12.6. The number of halogens is 2. The zero-order chi connectivity index (χ0) is 17.5. The van der Waals surface area contributed by atoms with Gasteiger partial charge in [0.2, 0.25) is 5.72 Å². The maximum Gasteiger partial charge on any atom is 0.390 e. The highest BCUT2D eigenvalue weighted by Gasteiger charge is 2.52. The molecule has 0 radical (unpaired) electrons. The molecule has 0 spiro atoms. The Kier molecular flexibility index (Phi) is 4.16. The molecule has 0 aromatic carbocycles. The summed E-state index contributed by atoms with van der Waals surface area (Å²) in [6.45, 7) is 4.23. The van der Waals surface area contributed by atoms with Gasteiger partial charge in [0, 0.05) is 12.1 Å². The van der Waals surface area contributed by atoms with E-state index >= 15 is 0 Å². The Bertz CT molecular complexity index is 689. The molecule has 2 rings (SSSR count). The predicted octanol–water partition coefficient (Wildman–Crippen LogP) is 1.22. The molecule has 0 unspecified atom stereocenters. The minimum atomic E-state index is -3.21. The lowest BCUT2D eigenvalue weighted by Crippen LogP contribution is -2.53. The number of hydrazone groups is 1. The Hall–Kier alpha value is -2.43. The second kappa shape index (κ2) is 5.65. The number of nitrogens with zero attached hydrogens (tertiary/aromatic N) is 5. The van der Waals surface area contributed by atoms with Crippen LogP contribution in [-0.2, 0) is 4.79 Å². The number of nitro groups is 1. The second-order valence-corrected chi connectivity index (χ2v) is 5.36. The molecule has 0 fully saturated rings. The van der Waals surface area contributed by atoms with E-state index in [0.29, 0.717) is 10.7 Å². The van der Waals surface area contributed by atoms with Crippen LogP contribution in [0.15, 0.2) is 11.2 Å². The summed E-state index contributed by atoms with van der Waals surface area (Å²) in [5.74, 6) is -1.40. The van der Waals surface area contributed by atoms with Gasteiger partial charge in [0.1, 0.15) is 0 Å². The standard InChI is InChI=1S/C12H15F2N5O4/c1-6-5-12(21,11(13)14)18(15-6)10(20)8(3)17-7(2)4-9(16-17)19(22)23/h4,8,11,21H,5H2,1-3H3/t8-,12-/m1/s1. The van der Waals surface area contributed by atoms with Crippen LogP contribution in [0.25, 0.3) is 0 Å². The van der Waals surface area contributed by atoms with Gasteiger partial charge in [-0.15, -0.1) is 0 Å². The molecule has 2 atom stereocenters. The lowest BCUT2D eigenvalue weighted by molar-refractivity contribution is -0.389. The number of hydrogen-bond donors (Lipinski definition) is 1. The molecule has 23 heavy (non-hydrogen) atoms. The topological polar surface area (TPSA) is 114 Å². The Labute approximate surface area is 129 Å². The molecule has 0 saturated heterocycles. The van der Waals surface area contributed by atoms with E-state index in [1.54, 1.807) is 0 Å². The molecule has 2 heterocycles. The summed E-state index contributed by atoms with van der Waals surface area (Å²) in [5.41, 5.74) is -2.24. The number of carbonyl (C=O) groups excluding carboxylic acids is 1. The van der Waals surface area contributed by atoms with Crippen LogP contribution in [0.1, 0.15) is 32.0 Å². The van der Waals surface area contributed by atoms with E-state index in [1.165, 1.54) is 20.8 Å². The third-order valence-electron chi connectivity index (χ3n) is 3.53. The first-order chi connectivity index (χ1) is 10.6. The number of rotatable bonds is 4. The highest BCUT2D eigenvalue weighted by molar-refractivity contribution is 5.90. The van der Waals surface area contributed by atoms with Crippen LogP contribution in [0.5, 0.6) is 0 Å². The SMILES string of the molecule is CC1=NN(C(=O)[C@@H](C)n2nc([N+](=O)[O-])cc2C)[C@](O)(C(F)F)C1. The molecule has 1 N–H and O–H groups in total. The predicted molar refractivity (Wildman–Crippen MR) is 73.9 cm³/mol. The lowest BCUT2D eigenvalue weighted by atomic mass is 10.1. The molecule has 0 saturated carbocycles. The van der Waals surface area contributed by atoms with Crippen molar-refractivity contribution >= 4 is 17.4 Å². The van der Waals surface area contributed by atoms with Crippen LogP contribution >= 0.6 is 0 Å². The largest absolute Gasteiger partial charge is 0.390 e. The maximum absolute atomic E-state index is 13.1. The molecule has 1 aliphatic heterocycles. The average Bonchev–Trinajstić information content (AvgIpc) is 2.98. The first-order valence-corrected chi connectivity index (χ1v) is 6.67. The molecule has 0 bridgehead atoms. The first kappa shape index (κ1) is 16.9. The van der Waals surface area contributed by atoms with Crippen molar-refractivity contribution in [2.24, 2.45) is 5.10 Å². The van der Waals surface area contributed by atoms with Gasteiger partial charge in [-0.05, 0) is 25.7 Å². The molecule has 1 aliphatic rings. The number of aryl methyl sites for hydroxylation is 1. The van der Waals surface area contributed by atoms with Gasteiger partial charge in [-0.25, -0.2) is 8.78 Å². The van der Waals surface area contributed by atoms with Crippen LogP contribution in [0.4, 0.5) is 14.6 Å². The smallest absolute Gasteiger partial charge is 0.364 e. The molecule has 11 heteroatoms. The molecule has 1 aromatic rings. The molecule has 126 valence electrons. The van der Waals surface area contributed by atoms with Crippen molar-refractivity contribution in [3.63, 3.8) is 0 Å². The highest BCUT2D eigenvalue weighted by Crippen LogP contribution is 2.33. The van der Waals surface area contributed by atoms with Crippen molar-refractivity contribution < 1.29 is 23.6 Å². The van der Waals surface area contributed by atoms with Crippen molar-refractivity contribution in [1.29, 1.82) is 0 Å². The summed E-state index contributed by atoms with van der Waals surface area (Å²) >= 11 is 0. The molecular weight excluding hydrogens is 316 g/mol. The monoisotopic (exact) mass is 331 g/mol. The van der Waals surface area contributed by atoms with Crippen molar-refractivity contribution in [2.45, 2.75) is 45.4 Å². The number of hydrogen-bond acceptors (Lipinski definition) is 6. The van der Waals surface area contributed by atoms with Crippen molar-refractivity contribution in [3.05, 3.63) is 21.9 Å². The quantitative estimate of drug-likeness (QED) is 0.658. The van der Waals surface area contributed by atoms with Gasteiger partial charge >= 0.3 is 5.82 Å². The Morgan fingerprint density at radius 2 is 2.13 bits per heavy atom. The van der Waals surface area contributed by atoms with Gasteiger partial charge in [0.15, 0.2) is 6.04 Å². The van der Waals surface area contributed by atoms with Crippen molar-refractivity contribution in [1.82, 2.24) is 14.8 Å². The molecule has 1 aromatic heterocycles. The second-order valence-electron chi connectivity index (χ2n) is 5.36. The number of aliphatic hydroxyl groups is 1. The van der Waals surface area contributed by atoms with Crippen molar-refractivity contribution in [2.75, 3.05) is 0 Å². The normalized spacial score (nSPS) is 22.4. The summed E-state index contributed by atoms with van der Waals surface area (Å²) in [6.07, 6.45) is -3.69. The summed E-state index contributed by atoms with van der Waals surface area (Å²) in [7, 11) is 0. The molecule has 9 nitrogen and oxygen atoms in total. The van der Waals surface area contributed by atoms with Gasteiger partial charge in [0.05, 0.1) is 16.9 Å². The third kappa shape index (κ3) is 2.79. The summed E-state index contributed by atoms with van der Waals surface area (Å²) in [4.78, 5) is 22.4. The minimum Gasteiger partial charge on any atom is -0.364 e. The summed E-state index contributed by atoms with van der Waals surface area (Å²) in [6, 6.07) is 0.00493. The van der Waals surface area contributed by atoms with E-state index in [2.05, 4.69) is 10.2 Å². The van der Waals surface area contributed by atoms with Gasteiger partial charge in [0.25, 0.3) is 12.3 Å². The van der Waals surface area contributed by atoms with E-state index in [9.17, 15) is 28.8 Å². The third-order valence-corrected chi connectivity index (χ3v) is 3.53. The fourth-order valence-electron chi connectivity index (χ4n) is 2.39. The zero-order valence-electron chi connectivity index (χ0n) is 12.6. The fraction of sp³-hybridized carbons (Fsp3) is 0.583. The van der Waals surface area contributed by atoms with E-state index in [4.69, 9.17) is 0 Å². The number of alkyl halides is 2. The Morgan fingerprint density at radius 1 is 1.52 bits per heavy atom. The van der Waals surface area contributed by atoms with Crippen LogP contribution in [-0.4, -0.2) is 48.6 Å². The number of aromatic nitrogens is 2. The van der Waals surface area contributed by atoms with Crippen molar-refractivity contribution in [3.8, 4) is 0 Å². The minimum absolute atomic E-state index is 0.177. The summed E-state index contributed by atoms with van der Waals surface area (Å²) in [5, 5.41) is 28.4. The number of carbonyl (C=O) groups is 1. The van der Waals surface area contributed by atoms with E-state index in [1.807, 2.05) is 0 Å². The Balaban J connectivity index is 2.34. The highest BCUT2D eigenvalue weighted by atomic mass is 19.3. The molecule has 1 amide bonds.